The molecule has 0 aliphatic carbocycles. The number of halogens is 2. The number of piperidine rings is 1. The maximum Gasteiger partial charge on any atom is 0.0716 e. The first-order chi connectivity index (χ1) is 9.15. The van der Waals surface area contributed by atoms with Crippen molar-refractivity contribution in [3.8, 4) is 0 Å². The molecule has 0 aromatic heterocycles. The van der Waals surface area contributed by atoms with Crippen LogP contribution in [0.3, 0.4) is 0 Å². The maximum atomic E-state index is 10.4. The van der Waals surface area contributed by atoms with E-state index in [0.717, 1.165) is 13.0 Å². The van der Waals surface area contributed by atoms with Gasteiger partial charge in [0, 0.05) is 24.5 Å². The van der Waals surface area contributed by atoms with E-state index >= 15 is 0 Å². The van der Waals surface area contributed by atoms with Gasteiger partial charge in [-0.15, -0.1) is 0 Å². The van der Waals surface area contributed by atoms with E-state index in [2.05, 4.69) is 11.0 Å². The first-order valence-corrected chi connectivity index (χ1v) is 7.79. The molecule has 1 aromatic rings. The lowest BCUT2D eigenvalue weighted by Crippen LogP contribution is -2.41. The molecule has 19 heavy (non-hydrogen) atoms. The van der Waals surface area contributed by atoms with Crippen molar-refractivity contribution in [1.29, 1.82) is 0 Å². The molecule has 4 rings (SSSR count). The van der Waals surface area contributed by atoms with Crippen LogP contribution in [0.15, 0.2) is 18.2 Å². The zero-order chi connectivity index (χ0) is 13.1. The van der Waals surface area contributed by atoms with Crippen molar-refractivity contribution in [1.82, 2.24) is 4.90 Å². The van der Waals surface area contributed by atoms with Crippen LogP contribution in [0.4, 0.5) is 0 Å². The second-order valence-electron chi connectivity index (χ2n) is 6.16. The molecule has 3 heterocycles. The van der Waals surface area contributed by atoms with Gasteiger partial charge in [-0.1, -0.05) is 29.3 Å². The fraction of sp³-hybridized carbons (Fsp3) is 0.600. The predicted octanol–water partition coefficient (Wildman–Crippen LogP) is 3.30. The van der Waals surface area contributed by atoms with Gasteiger partial charge in [0.2, 0.25) is 0 Å². The SMILES string of the molecule is O[C@@H]1CN2[C@@H]3CC[C@H]2[C@H]1[C@H](c1ccc(Cl)c(Cl)c1)C3. The second kappa shape index (κ2) is 4.36. The van der Waals surface area contributed by atoms with Crippen LogP contribution < -0.4 is 0 Å². The molecule has 0 radical (unpaired) electrons. The molecule has 102 valence electrons. The average molecular weight is 298 g/mol. The van der Waals surface area contributed by atoms with E-state index in [1.807, 2.05) is 12.1 Å². The van der Waals surface area contributed by atoms with Crippen molar-refractivity contribution in [3.63, 3.8) is 0 Å². The molecule has 0 amide bonds. The summed E-state index contributed by atoms with van der Waals surface area (Å²) in [5.74, 6) is 0.803. The van der Waals surface area contributed by atoms with E-state index in [0.29, 0.717) is 34.0 Å². The first kappa shape index (κ1) is 12.5. The molecule has 3 fully saturated rings. The molecule has 4 bridgehead atoms. The minimum absolute atomic E-state index is 0.185. The Bertz CT molecular complexity index is 521. The summed E-state index contributed by atoms with van der Waals surface area (Å²) in [6.07, 6.45) is 3.49. The van der Waals surface area contributed by atoms with Crippen LogP contribution >= 0.6 is 23.2 Å². The maximum absolute atomic E-state index is 10.4. The number of nitrogens with zero attached hydrogens (tertiary/aromatic N) is 1. The Kier molecular flexibility index (Phi) is 2.86. The van der Waals surface area contributed by atoms with Gasteiger partial charge in [-0.25, -0.2) is 0 Å². The van der Waals surface area contributed by atoms with Gasteiger partial charge >= 0.3 is 0 Å². The van der Waals surface area contributed by atoms with Crippen LogP contribution in [0.5, 0.6) is 0 Å². The summed E-state index contributed by atoms with van der Waals surface area (Å²) in [7, 11) is 0. The van der Waals surface area contributed by atoms with Gasteiger partial charge in [0.05, 0.1) is 16.1 Å². The summed E-state index contributed by atoms with van der Waals surface area (Å²) >= 11 is 12.2. The largest absolute Gasteiger partial charge is 0.391 e. The molecule has 3 saturated heterocycles. The fourth-order valence-electron chi connectivity index (χ4n) is 4.60. The van der Waals surface area contributed by atoms with E-state index in [-0.39, 0.29) is 6.10 Å². The highest BCUT2D eigenvalue weighted by molar-refractivity contribution is 6.42. The van der Waals surface area contributed by atoms with Crippen molar-refractivity contribution in [2.75, 3.05) is 6.54 Å². The predicted molar refractivity (Wildman–Crippen MR) is 76.8 cm³/mol. The van der Waals surface area contributed by atoms with E-state index < -0.39 is 0 Å². The zero-order valence-electron chi connectivity index (χ0n) is 10.6. The Labute approximate surface area is 123 Å². The molecule has 3 aliphatic heterocycles. The van der Waals surface area contributed by atoms with E-state index in [4.69, 9.17) is 23.2 Å². The van der Waals surface area contributed by atoms with Crippen molar-refractivity contribution in [2.45, 2.75) is 43.4 Å². The van der Waals surface area contributed by atoms with Crippen LogP contribution in [0.2, 0.25) is 10.0 Å². The number of aliphatic hydroxyl groups is 1. The minimum atomic E-state index is -0.185. The standard InChI is InChI=1S/C15H17Cl2NO/c16-11-3-1-8(5-12(11)17)10-6-9-2-4-13-15(10)14(19)7-18(9)13/h1,3,5,9-10,13-15,19H,2,4,6-7H2/t9-,10+,13+,14-,15-/m1/s1. The number of rotatable bonds is 1. The van der Waals surface area contributed by atoms with Crippen molar-refractivity contribution < 1.29 is 5.11 Å². The number of benzene rings is 1. The highest BCUT2D eigenvalue weighted by Gasteiger charge is 2.55. The molecule has 0 saturated carbocycles. The average Bonchev–Trinajstić information content (AvgIpc) is 2.78. The molecular formula is C15H17Cl2NO. The van der Waals surface area contributed by atoms with Crippen LogP contribution in [0.1, 0.15) is 30.7 Å². The summed E-state index contributed by atoms with van der Waals surface area (Å²) in [5, 5.41) is 11.6. The third kappa shape index (κ3) is 1.77. The Balaban J connectivity index is 1.73. The van der Waals surface area contributed by atoms with Gasteiger partial charge < -0.3 is 5.11 Å². The fourth-order valence-corrected chi connectivity index (χ4v) is 4.91. The molecule has 1 unspecified atom stereocenters. The quantitative estimate of drug-likeness (QED) is 0.860. The lowest BCUT2D eigenvalue weighted by Gasteiger charge is -2.37. The van der Waals surface area contributed by atoms with Gasteiger partial charge in [0.25, 0.3) is 0 Å². The third-order valence-corrected chi connectivity index (χ3v) is 6.08. The summed E-state index contributed by atoms with van der Waals surface area (Å²) in [6, 6.07) is 7.19. The van der Waals surface area contributed by atoms with Crippen molar-refractivity contribution >= 4 is 23.2 Å². The second-order valence-corrected chi connectivity index (χ2v) is 6.97. The summed E-state index contributed by atoms with van der Waals surface area (Å²) in [6.45, 7) is 0.859. The van der Waals surface area contributed by atoms with E-state index in [1.165, 1.54) is 18.4 Å². The van der Waals surface area contributed by atoms with Gasteiger partial charge in [0.1, 0.15) is 0 Å². The van der Waals surface area contributed by atoms with E-state index in [9.17, 15) is 5.11 Å². The highest BCUT2D eigenvalue weighted by atomic mass is 35.5. The van der Waals surface area contributed by atoms with Crippen LogP contribution in [-0.2, 0) is 0 Å². The van der Waals surface area contributed by atoms with Crippen molar-refractivity contribution in [2.24, 2.45) is 5.92 Å². The lowest BCUT2D eigenvalue weighted by molar-refractivity contribution is 0.113. The number of hydrogen-bond acceptors (Lipinski definition) is 2. The topological polar surface area (TPSA) is 23.5 Å². The van der Waals surface area contributed by atoms with Gasteiger partial charge in [-0.2, -0.15) is 0 Å². The molecular weight excluding hydrogens is 281 g/mol. The third-order valence-electron chi connectivity index (χ3n) is 5.34. The van der Waals surface area contributed by atoms with Crippen LogP contribution in [0.25, 0.3) is 0 Å². The first-order valence-electron chi connectivity index (χ1n) is 7.04. The smallest absolute Gasteiger partial charge is 0.0716 e. The van der Waals surface area contributed by atoms with Crippen molar-refractivity contribution in [3.05, 3.63) is 33.8 Å². The zero-order valence-corrected chi connectivity index (χ0v) is 12.1. The Morgan fingerprint density at radius 2 is 2.00 bits per heavy atom. The minimum Gasteiger partial charge on any atom is -0.391 e. The Hall–Kier alpha value is -0.280. The highest BCUT2D eigenvalue weighted by Crippen LogP contribution is 2.52. The number of hydrogen-bond donors (Lipinski definition) is 1. The molecule has 3 aliphatic rings. The molecule has 0 spiro atoms. The monoisotopic (exact) mass is 297 g/mol. The lowest BCUT2D eigenvalue weighted by atomic mass is 9.77. The Morgan fingerprint density at radius 3 is 2.79 bits per heavy atom. The molecule has 6 atom stereocenters. The Morgan fingerprint density at radius 1 is 1.16 bits per heavy atom. The van der Waals surface area contributed by atoms with Gasteiger partial charge in [-0.3, -0.25) is 4.90 Å². The summed E-state index contributed by atoms with van der Waals surface area (Å²) < 4.78 is 0. The molecule has 1 aromatic carbocycles. The van der Waals surface area contributed by atoms with Crippen LogP contribution in [0, 0.1) is 5.92 Å². The van der Waals surface area contributed by atoms with Gasteiger partial charge in [-0.05, 0) is 42.9 Å². The molecule has 1 N–H and O–H groups in total. The summed E-state index contributed by atoms with van der Waals surface area (Å²) in [5.41, 5.74) is 1.25. The normalized spacial score (nSPS) is 43.7. The number of aliphatic hydroxyl groups excluding tert-OH is 1. The summed E-state index contributed by atoms with van der Waals surface area (Å²) in [4.78, 5) is 2.53. The van der Waals surface area contributed by atoms with Crippen LogP contribution in [-0.4, -0.2) is 34.7 Å². The van der Waals surface area contributed by atoms with E-state index in [1.54, 1.807) is 0 Å². The molecule has 2 nitrogen and oxygen atoms in total. The molecule has 4 heteroatoms. The van der Waals surface area contributed by atoms with Gasteiger partial charge in [0.15, 0.2) is 0 Å².